The molecule has 0 bridgehead atoms. The summed E-state index contributed by atoms with van der Waals surface area (Å²) in [6.45, 7) is 19.9. The van der Waals surface area contributed by atoms with Gasteiger partial charge in [-0.1, -0.05) is 91.2 Å². The molecule has 0 fully saturated rings. The predicted octanol–water partition coefficient (Wildman–Crippen LogP) is 8.72. The molecule has 1 rings (SSSR count). The van der Waals surface area contributed by atoms with Crippen molar-refractivity contribution in [3.8, 4) is 0 Å². The van der Waals surface area contributed by atoms with Gasteiger partial charge in [-0.25, -0.2) is 0 Å². The molecule has 1 aliphatic rings. The molecule has 0 spiro atoms. The van der Waals surface area contributed by atoms with E-state index >= 15 is 0 Å². The fourth-order valence-corrected chi connectivity index (χ4v) is 0.456. The van der Waals surface area contributed by atoms with E-state index in [0.29, 0.717) is 0 Å². The average Bonchev–Trinajstić information content (AvgIpc) is 2.99. The Hall–Kier alpha value is -0.920. The number of allylic oxidation sites excluding steroid dienone is 1. The van der Waals surface area contributed by atoms with Crippen molar-refractivity contribution >= 4 is 11.9 Å². The van der Waals surface area contributed by atoms with E-state index in [-0.39, 0.29) is 29.7 Å². The van der Waals surface area contributed by atoms with Gasteiger partial charge in [0, 0.05) is 25.4 Å². The summed E-state index contributed by atoms with van der Waals surface area (Å²) in [4.78, 5) is 7.58. The summed E-state index contributed by atoms with van der Waals surface area (Å²) in [7, 11) is 1.75. The van der Waals surface area contributed by atoms with Gasteiger partial charge < -0.3 is 4.99 Å². The van der Waals surface area contributed by atoms with Crippen LogP contribution in [0, 0.1) is 0 Å². The van der Waals surface area contributed by atoms with Gasteiger partial charge in [0.05, 0.1) is 0 Å². The van der Waals surface area contributed by atoms with Crippen molar-refractivity contribution in [3.05, 3.63) is 12.3 Å². The zero-order valence-corrected chi connectivity index (χ0v) is 14.8. The highest BCUT2D eigenvalue weighted by Crippen LogP contribution is 1.96. The predicted molar refractivity (Wildman–Crippen MR) is 119 cm³/mol. The molecule has 0 aliphatic carbocycles. The Bertz CT molecular complexity index is 153. The van der Waals surface area contributed by atoms with Crippen LogP contribution in [0.2, 0.25) is 0 Å². The Morgan fingerprint density at radius 2 is 1.14 bits per heavy atom. The molecule has 1 heterocycles. The van der Waals surface area contributed by atoms with E-state index in [2.05, 4.69) is 16.1 Å². The van der Waals surface area contributed by atoms with Gasteiger partial charge in [-0.2, -0.15) is 0 Å². The molecule has 0 radical (unpaired) electrons. The first-order chi connectivity index (χ1) is 8.81. The first-order valence-corrected chi connectivity index (χ1v) is 7.36. The van der Waals surface area contributed by atoms with Crippen LogP contribution in [0.1, 0.15) is 105 Å². The molecule has 0 saturated carbocycles. The van der Waals surface area contributed by atoms with Crippen LogP contribution in [-0.4, -0.2) is 19.0 Å². The molecule has 22 heavy (non-hydrogen) atoms. The maximum absolute atomic E-state index is 3.97. The van der Waals surface area contributed by atoms with Gasteiger partial charge in [-0.15, -0.1) is 0 Å². The van der Waals surface area contributed by atoms with Gasteiger partial charge in [0.2, 0.25) is 0 Å². The Morgan fingerprint density at radius 1 is 0.864 bits per heavy atom. The summed E-state index contributed by atoms with van der Waals surface area (Å²) in [6, 6.07) is 0. The maximum Gasteiger partial charge on any atom is 0.0273 e. The monoisotopic (exact) mass is 322 g/mol. The third-order valence-corrected chi connectivity index (χ3v) is 1.07. The van der Waals surface area contributed by atoms with E-state index in [1.807, 2.05) is 75.4 Å². The lowest BCUT2D eigenvalue weighted by atomic mass is 10.3. The lowest BCUT2D eigenvalue weighted by Gasteiger charge is -1.76. The summed E-state index contributed by atoms with van der Waals surface area (Å²) in [5.41, 5.74) is 1.22. The fraction of sp³-hybridized carbons (Fsp3) is 0.800. The molecular formula is C20H54N2. The molecule has 0 unspecified atom stereocenters. The molecule has 0 aromatic carbocycles. The average molecular weight is 323 g/mol. The van der Waals surface area contributed by atoms with Crippen molar-refractivity contribution in [3.63, 3.8) is 0 Å². The van der Waals surface area contributed by atoms with Crippen molar-refractivity contribution in [2.24, 2.45) is 9.98 Å². The van der Waals surface area contributed by atoms with Crippen LogP contribution in [0.4, 0.5) is 0 Å². The second kappa shape index (κ2) is 112. The Kier molecular flexibility index (Phi) is 296. The normalized spacial score (nSPS) is 7.86. The third kappa shape index (κ3) is 124. The number of aliphatic imine (C=N–C) groups is 2. The molecular weight excluding hydrogens is 268 g/mol. The number of rotatable bonds is 0. The summed E-state index contributed by atoms with van der Waals surface area (Å²) < 4.78 is 0. The van der Waals surface area contributed by atoms with Crippen molar-refractivity contribution in [1.82, 2.24) is 0 Å². The van der Waals surface area contributed by atoms with Gasteiger partial charge >= 0.3 is 0 Å². The van der Waals surface area contributed by atoms with Gasteiger partial charge in [0.25, 0.3) is 0 Å². The van der Waals surface area contributed by atoms with Gasteiger partial charge in [-0.05, 0) is 20.1 Å². The van der Waals surface area contributed by atoms with E-state index in [4.69, 9.17) is 0 Å². The van der Waals surface area contributed by atoms with Crippen LogP contribution in [0.3, 0.4) is 0 Å². The largest absolute Gasteiger partial charge is 0.301 e. The highest BCUT2D eigenvalue weighted by molar-refractivity contribution is 5.85. The van der Waals surface area contributed by atoms with Gasteiger partial charge in [-0.3, -0.25) is 4.99 Å². The minimum Gasteiger partial charge on any atom is -0.301 e. The third-order valence-electron chi connectivity index (χ3n) is 1.07. The molecule has 2 nitrogen and oxygen atoms in total. The van der Waals surface area contributed by atoms with Crippen LogP contribution in [0.5, 0.6) is 0 Å². The molecule has 2 heteroatoms. The van der Waals surface area contributed by atoms with Crippen LogP contribution in [-0.2, 0) is 0 Å². The van der Waals surface area contributed by atoms with E-state index in [1.165, 1.54) is 5.71 Å². The van der Waals surface area contributed by atoms with Gasteiger partial charge in [0.15, 0.2) is 0 Å². The van der Waals surface area contributed by atoms with Crippen molar-refractivity contribution in [2.45, 2.75) is 105 Å². The van der Waals surface area contributed by atoms with Crippen molar-refractivity contribution in [2.75, 3.05) is 7.05 Å². The second-order valence-corrected chi connectivity index (χ2v) is 1.97. The molecule has 144 valence electrons. The number of nitrogens with zero attached hydrogens (tertiary/aromatic N) is 2. The lowest BCUT2D eigenvalue weighted by molar-refractivity contribution is 1.46. The highest BCUT2D eigenvalue weighted by atomic mass is 14.7. The quantitative estimate of drug-likeness (QED) is 0.398. The molecule has 0 aromatic heterocycles. The van der Waals surface area contributed by atoms with Crippen LogP contribution < -0.4 is 0 Å². The highest BCUT2D eigenvalue weighted by Gasteiger charge is 1.88. The molecule has 0 saturated heterocycles. The molecule has 0 atom stereocenters. The van der Waals surface area contributed by atoms with E-state index in [1.54, 1.807) is 13.3 Å². The van der Waals surface area contributed by atoms with Crippen LogP contribution >= 0.6 is 0 Å². The van der Waals surface area contributed by atoms with E-state index in [0.717, 1.165) is 6.42 Å². The summed E-state index contributed by atoms with van der Waals surface area (Å²) in [5, 5.41) is 0. The van der Waals surface area contributed by atoms with Crippen molar-refractivity contribution < 1.29 is 0 Å². The summed E-state index contributed by atoms with van der Waals surface area (Å²) in [6.07, 6.45) is 6.70. The Balaban J connectivity index is -0.0000000138. The molecule has 1 aliphatic heterocycles. The minimum atomic E-state index is 0. The van der Waals surface area contributed by atoms with Gasteiger partial charge in [0.1, 0.15) is 0 Å². The second-order valence-electron chi connectivity index (χ2n) is 1.97. The standard InChI is InChI=1S/C5H7N.C3H7N.4C2H6.4CH4/c1-5-3-2-4-6-5;1-3-4-2;4*1-2;;;;/h2,4H,3H2,1H3;3H,1-2H3;4*1-2H3;4*1H4. The number of hydrogen-bond acceptors (Lipinski definition) is 2. The molecule has 0 N–H and O–H groups in total. The fourth-order valence-electron chi connectivity index (χ4n) is 0.456. The van der Waals surface area contributed by atoms with E-state index in [9.17, 15) is 0 Å². The SMILES string of the molecule is C.C.C.C.CC.CC.CC.CC.CC1=NC=CC1.CC=NC. The first-order valence-electron chi connectivity index (χ1n) is 7.36. The minimum absolute atomic E-state index is 0. The Labute approximate surface area is 147 Å². The topological polar surface area (TPSA) is 24.7 Å². The maximum atomic E-state index is 3.97. The van der Waals surface area contributed by atoms with Crippen LogP contribution in [0.15, 0.2) is 22.3 Å². The summed E-state index contributed by atoms with van der Waals surface area (Å²) in [5.74, 6) is 0. The lowest BCUT2D eigenvalue weighted by Crippen LogP contribution is -1.78. The smallest absolute Gasteiger partial charge is 0.0273 e. The van der Waals surface area contributed by atoms with E-state index < -0.39 is 0 Å². The summed E-state index contributed by atoms with van der Waals surface area (Å²) >= 11 is 0. The zero-order chi connectivity index (χ0) is 15.8. The Morgan fingerprint density at radius 3 is 1.18 bits per heavy atom. The first kappa shape index (κ1) is 58.2. The molecule has 0 amide bonds. The van der Waals surface area contributed by atoms with Crippen molar-refractivity contribution in [1.29, 1.82) is 0 Å². The van der Waals surface area contributed by atoms with Crippen LogP contribution in [0.25, 0.3) is 0 Å². The number of hydrogen-bond donors (Lipinski definition) is 0. The zero-order valence-electron chi connectivity index (χ0n) is 14.8. The molecule has 0 aromatic rings.